The van der Waals surface area contributed by atoms with Gasteiger partial charge in [0.15, 0.2) is 0 Å². The van der Waals surface area contributed by atoms with Gasteiger partial charge in [-0.15, -0.1) is 6.58 Å². The Labute approximate surface area is 132 Å². The SMILES string of the molecule is C=CCN1C(=O)CC[C@H]2[C@@H]1CCN2Cc1ccc(OC)cc1. The van der Waals surface area contributed by atoms with Gasteiger partial charge in [-0.05, 0) is 30.5 Å². The highest BCUT2D eigenvalue weighted by Crippen LogP contribution is 2.32. The Hall–Kier alpha value is -1.81. The summed E-state index contributed by atoms with van der Waals surface area (Å²) in [4.78, 5) is 16.7. The molecule has 3 rings (SSSR count). The van der Waals surface area contributed by atoms with Crippen molar-refractivity contribution in [3.63, 3.8) is 0 Å². The standard InChI is InChI=1S/C18H24N2O2/c1-3-11-20-17-10-12-19(16(17)8-9-18(20)21)13-14-4-6-15(22-2)7-5-14/h3-7,16-17H,1,8-13H2,2H3/t16-,17-/m0/s1. The van der Waals surface area contributed by atoms with Crippen molar-refractivity contribution in [1.29, 1.82) is 0 Å². The van der Waals surface area contributed by atoms with Gasteiger partial charge in [-0.3, -0.25) is 9.69 Å². The molecular formula is C18H24N2O2. The molecule has 2 fully saturated rings. The minimum atomic E-state index is 0.285. The molecule has 4 heteroatoms. The largest absolute Gasteiger partial charge is 0.497 e. The quantitative estimate of drug-likeness (QED) is 0.783. The molecule has 0 bridgehead atoms. The second-order valence-corrected chi connectivity index (χ2v) is 6.12. The lowest BCUT2D eigenvalue weighted by Crippen LogP contribution is -2.52. The Balaban J connectivity index is 1.68. The average Bonchev–Trinajstić information content (AvgIpc) is 2.94. The number of likely N-dealkylation sites (tertiary alicyclic amines) is 2. The van der Waals surface area contributed by atoms with Crippen LogP contribution in [0.1, 0.15) is 24.8 Å². The maximum absolute atomic E-state index is 12.1. The first-order valence-electron chi connectivity index (χ1n) is 8.00. The zero-order valence-electron chi connectivity index (χ0n) is 13.2. The van der Waals surface area contributed by atoms with Crippen molar-refractivity contribution in [2.24, 2.45) is 0 Å². The van der Waals surface area contributed by atoms with E-state index in [0.717, 1.165) is 31.7 Å². The zero-order chi connectivity index (χ0) is 15.5. The van der Waals surface area contributed by atoms with Crippen LogP contribution in [-0.4, -0.2) is 48.0 Å². The molecule has 22 heavy (non-hydrogen) atoms. The first-order chi connectivity index (χ1) is 10.7. The highest BCUT2D eigenvalue weighted by molar-refractivity contribution is 5.78. The average molecular weight is 300 g/mol. The van der Waals surface area contributed by atoms with Crippen molar-refractivity contribution < 1.29 is 9.53 Å². The predicted molar refractivity (Wildman–Crippen MR) is 86.7 cm³/mol. The number of benzene rings is 1. The van der Waals surface area contributed by atoms with E-state index < -0.39 is 0 Å². The highest BCUT2D eigenvalue weighted by Gasteiger charge is 2.42. The molecule has 4 nitrogen and oxygen atoms in total. The normalized spacial score (nSPS) is 25.1. The van der Waals surface area contributed by atoms with E-state index in [9.17, 15) is 4.79 Å². The summed E-state index contributed by atoms with van der Waals surface area (Å²) in [6.45, 7) is 6.47. The van der Waals surface area contributed by atoms with E-state index in [4.69, 9.17) is 4.74 Å². The first kappa shape index (κ1) is 15.1. The summed E-state index contributed by atoms with van der Waals surface area (Å²) < 4.78 is 5.21. The maximum Gasteiger partial charge on any atom is 0.223 e. The molecule has 2 saturated heterocycles. The molecule has 2 atom stereocenters. The van der Waals surface area contributed by atoms with Crippen LogP contribution in [0.15, 0.2) is 36.9 Å². The van der Waals surface area contributed by atoms with Gasteiger partial charge in [0.2, 0.25) is 5.91 Å². The van der Waals surface area contributed by atoms with E-state index in [1.54, 1.807) is 7.11 Å². The second-order valence-electron chi connectivity index (χ2n) is 6.12. The van der Waals surface area contributed by atoms with Gasteiger partial charge in [-0.2, -0.15) is 0 Å². The Morgan fingerprint density at radius 2 is 2.05 bits per heavy atom. The molecule has 0 spiro atoms. The molecule has 0 unspecified atom stereocenters. The second kappa shape index (κ2) is 6.53. The van der Waals surface area contributed by atoms with Gasteiger partial charge < -0.3 is 9.64 Å². The van der Waals surface area contributed by atoms with Crippen LogP contribution in [0, 0.1) is 0 Å². The number of nitrogens with zero attached hydrogens (tertiary/aromatic N) is 2. The minimum Gasteiger partial charge on any atom is -0.497 e. The summed E-state index contributed by atoms with van der Waals surface area (Å²) in [5.74, 6) is 1.18. The van der Waals surface area contributed by atoms with Gasteiger partial charge >= 0.3 is 0 Å². The molecule has 118 valence electrons. The number of fused-ring (bicyclic) bond motifs is 1. The molecule has 0 aliphatic carbocycles. The molecule has 2 heterocycles. The number of rotatable bonds is 5. The Bertz CT molecular complexity index is 541. The van der Waals surface area contributed by atoms with E-state index in [-0.39, 0.29) is 5.91 Å². The molecule has 0 aromatic heterocycles. The fourth-order valence-corrected chi connectivity index (χ4v) is 3.78. The molecule has 0 N–H and O–H groups in total. The molecule has 1 aromatic rings. The summed E-state index contributed by atoms with van der Waals surface area (Å²) in [5, 5.41) is 0. The summed E-state index contributed by atoms with van der Waals surface area (Å²) in [6, 6.07) is 9.12. The first-order valence-corrected chi connectivity index (χ1v) is 8.00. The lowest BCUT2D eigenvalue weighted by atomic mass is 9.96. The monoisotopic (exact) mass is 300 g/mol. The van der Waals surface area contributed by atoms with Gasteiger partial charge in [0, 0.05) is 38.1 Å². The van der Waals surface area contributed by atoms with Gasteiger partial charge in [-0.25, -0.2) is 0 Å². The third-order valence-electron chi connectivity index (χ3n) is 4.87. The molecular weight excluding hydrogens is 276 g/mol. The van der Waals surface area contributed by atoms with Crippen molar-refractivity contribution in [3.8, 4) is 5.75 Å². The van der Waals surface area contributed by atoms with Crippen molar-refractivity contribution in [2.75, 3.05) is 20.2 Å². The van der Waals surface area contributed by atoms with Crippen molar-refractivity contribution in [2.45, 2.75) is 37.9 Å². The summed E-state index contributed by atoms with van der Waals surface area (Å²) in [7, 11) is 1.69. The van der Waals surface area contributed by atoms with Gasteiger partial charge in [0.05, 0.1) is 7.11 Å². The number of amides is 1. The molecule has 0 saturated carbocycles. The molecule has 2 aliphatic rings. The van der Waals surface area contributed by atoms with Crippen LogP contribution in [0.25, 0.3) is 0 Å². The van der Waals surface area contributed by atoms with Crippen molar-refractivity contribution in [3.05, 3.63) is 42.5 Å². The highest BCUT2D eigenvalue weighted by atomic mass is 16.5. The fraction of sp³-hybridized carbons (Fsp3) is 0.500. The van der Waals surface area contributed by atoms with Crippen molar-refractivity contribution in [1.82, 2.24) is 9.80 Å². The molecule has 0 radical (unpaired) electrons. The number of methoxy groups -OCH3 is 1. The van der Waals surface area contributed by atoms with Crippen LogP contribution in [0.5, 0.6) is 5.75 Å². The maximum atomic E-state index is 12.1. The minimum absolute atomic E-state index is 0.285. The molecule has 1 amide bonds. The lowest BCUT2D eigenvalue weighted by molar-refractivity contribution is -0.136. The Kier molecular flexibility index (Phi) is 4.48. The van der Waals surface area contributed by atoms with Crippen LogP contribution >= 0.6 is 0 Å². The summed E-state index contributed by atoms with van der Waals surface area (Å²) in [6.07, 6.45) is 4.55. The zero-order valence-corrected chi connectivity index (χ0v) is 13.2. The van der Waals surface area contributed by atoms with E-state index in [0.29, 0.717) is 25.0 Å². The Morgan fingerprint density at radius 1 is 1.27 bits per heavy atom. The number of ether oxygens (including phenoxy) is 1. The van der Waals surface area contributed by atoms with E-state index in [1.807, 2.05) is 23.1 Å². The van der Waals surface area contributed by atoms with E-state index in [1.165, 1.54) is 5.56 Å². The predicted octanol–water partition coefficient (Wildman–Crippen LogP) is 2.45. The molecule has 2 aliphatic heterocycles. The van der Waals surface area contributed by atoms with Gasteiger partial charge in [-0.1, -0.05) is 18.2 Å². The van der Waals surface area contributed by atoms with E-state index >= 15 is 0 Å². The number of carbonyl (C=O) groups is 1. The van der Waals surface area contributed by atoms with Crippen molar-refractivity contribution >= 4 is 5.91 Å². The summed E-state index contributed by atoms with van der Waals surface area (Å²) in [5.41, 5.74) is 1.30. The Morgan fingerprint density at radius 3 is 2.73 bits per heavy atom. The third kappa shape index (κ3) is 2.88. The number of piperidine rings is 1. The van der Waals surface area contributed by atoms with Crippen LogP contribution in [0.3, 0.4) is 0 Å². The van der Waals surface area contributed by atoms with Gasteiger partial charge in [0.25, 0.3) is 0 Å². The number of carbonyl (C=O) groups excluding carboxylic acids is 1. The third-order valence-corrected chi connectivity index (χ3v) is 4.87. The van der Waals surface area contributed by atoms with Crippen LogP contribution in [0.4, 0.5) is 0 Å². The number of hydrogen-bond acceptors (Lipinski definition) is 3. The van der Waals surface area contributed by atoms with Gasteiger partial charge in [0.1, 0.15) is 5.75 Å². The topological polar surface area (TPSA) is 32.8 Å². The number of hydrogen-bond donors (Lipinski definition) is 0. The van der Waals surface area contributed by atoms with Crippen LogP contribution < -0.4 is 4.74 Å². The fourth-order valence-electron chi connectivity index (χ4n) is 3.78. The summed E-state index contributed by atoms with van der Waals surface area (Å²) >= 11 is 0. The smallest absolute Gasteiger partial charge is 0.223 e. The molecule has 1 aromatic carbocycles. The van der Waals surface area contributed by atoms with E-state index in [2.05, 4.69) is 23.6 Å². The van der Waals surface area contributed by atoms with Crippen LogP contribution in [-0.2, 0) is 11.3 Å². The lowest BCUT2D eigenvalue weighted by Gasteiger charge is -2.39. The van der Waals surface area contributed by atoms with Crippen LogP contribution in [0.2, 0.25) is 0 Å².